The number of likely N-dealkylation sites (tertiary alicyclic amines) is 1. The molecule has 0 spiro atoms. The number of nitrogens with zero attached hydrogens (tertiary/aromatic N) is 2. The molecule has 2 unspecified atom stereocenters. The fraction of sp³-hybridized carbons (Fsp3) is 0.571. The summed E-state index contributed by atoms with van der Waals surface area (Å²) in [5, 5.41) is 0. The van der Waals surface area contributed by atoms with Gasteiger partial charge >= 0.3 is 0 Å². The van der Waals surface area contributed by atoms with E-state index in [-0.39, 0.29) is 5.91 Å². The van der Waals surface area contributed by atoms with Crippen LogP contribution in [0.25, 0.3) is 0 Å². The summed E-state index contributed by atoms with van der Waals surface area (Å²) >= 11 is 0. The van der Waals surface area contributed by atoms with E-state index in [4.69, 9.17) is 5.84 Å². The van der Waals surface area contributed by atoms with Crippen LogP contribution in [0.2, 0.25) is 0 Å². The Morgan fingerprint density at radius 3 is 2.89 bits per heavy atom. The first-order valence-electron chi connectivity index (χ1n) is 6.87. The number of hydrazine groups is 1. The van der Waals surface area contributed by atoms with Gasteiger partial charge in [-0.2, -0.15) is 0 Å². The number of pyridine rings is 1. The van der Waals surface area contributed by atoms with Crippen molar-refractivity contribution in [3.8, 4) is 0 Å². The van der Waals surface area contributed by atoms with E-state index in [0.29, 0.717) is 17.6 Å². The van der Waals surface area contributed by atoms with Crippen LogP contribution in [0.4, 0.5) is 0 Å². The summed E-state index contributed by atoms with van der Waals surface area (Å²) < 4.78 is 0. The Kier molecular flexibility index (Phi) is 4.50. The van der Waals surface area contributed by atoms with Crippen molar-refractivity contribution in [2.24, 2.45) is 5.84 Å². The number of amides is 1. The van der Waals surface area contributed by atoms with Crippen LogP contribution >= 0.6 is 0 Å². The zero-order valence-electron chi connectivity index (χ0n) is 11.6. The van der Waals surface area contributed by atoms with Crippen LogP contribution in [-0.4, -0.2) is 27.9 Å². The van der Waals surface area contributed by atoms with Gasteiger partial charge in [-0.25, -0.2) is 5.84 Å². The number of nitrogen functional groups attached to an aromatic ring is 1. The second-order valence-electron chi connectivity index (χ2n) is 5.17. The molecule has 1 saturated heterocycles. The van der Waals surface area contributed by atoms with Crippen LogP contribution in [0.1, 0.15) is 49.2 Å². The molecule has 0 aliphatic carbocycles. The normalized spacial score (nSPS) is 23.5. The SMILES string of the molecule is CCC1CCC(C)N1Cc1ccc(C(=O)NN)cn1. The highest BCUT2D eigenvalue weighted by Gasteiger charge is 2.29. The van der Waals surface area contributed by atoms with Gasteiger partial charge in [-0.15, -0.1) is 0 Å². The number of nitrogens with two attached hydrogens (primary N) is 1. The van der Waals surface area contributed by atoms with Gasteiger partial charge in [-0.3, -0.25) is 20.1 Å². The highest BCUT2D eigenvalue weighted by Crippen LogP contribution is 2.27. The molecule has 104 valence electrons. The van der Waals surface area contributed by atoms with Crippen molar-refractivity contribution in [3.63, 3.8) is 0 Å². The largest absolute Gasteiger partial charge is 0.292 e. The second-order valence-corrected chi connectivity index (χ2v) is 5.17. The molecule has 5 heteroatoms. The van der Waals surface area contributed by atoms with Gasteiger partial charge in [-0.1, -0.05) is 6.92 Å². The minimum Gasteiger partial charge on any atom is -0.292 e. The second kappa shape index (κ2) is 6.12. The first-order chi connectivity index (χ1) is 9.15. The molecule has 1 aromatic heterocycles. The van der Waals surface area contributed by atoms with Gasteiger partial charge in [0.05, 0.1) is 11.3 Å². The van der Waals surface area contributed by atoms with Crippen LogP contribution in [0, 0.1) is 0 Å². The van der Waals surface area contributed by atoms with E-state index in [1.165, 1.54) is 19.3 Å². The summed E-state index contributed by atoms with van der Waals surface area (Å²) in [6.07, 6.45) is 5.29. The summed E-state index contributed by atoms with van der Waals surface area (Å²) in [6.45, 7) is 5.36. The van der Waals surface area contributed by atoms with Crippen molar-refractivity contribution in [1.29, 1.82) is 0 Å². The first-order valence-corrected chi connectivity index (χ1v) is 6.87. The van der Waals surface area contributed by atoms with Crippen molar-refractivity contribution in [3.05, 3.63) is 29.6 Å². The standard InChI is InChI=1S/C14H22N4O/c1-3-13-7-4-10(2)18(13)9-12-6-5-11(8-16-12)14(19)17-15/h5-6,8,10,13H,3-4,7,9,15H2,1-2H3,(H,17,19). The molecule has 1 amide bonds. The minimum atomic E-state index is -0.306. The number of carbonyl (C=O) groups excluding carboxylic acids is 1. The lowest BCUT2D eigenvalue weighted by Gasteiger charge is -2.27. The Morgan fingerprint density at radius 2 is 2.32 bits per heavy atom. The molecule has 0 bridgehead atoms. The fourth-order valence-corrected chi connectivity index (χ4v) is 2.77. The molecule has 1 aliphatic rings. The third-order valence-corrected chi connectivity index (χ3v) is 3.99. The lowest BCUT2D eigenvalue weighted by atomic mass is 10.1. The molecule has 0 radical (unpaired) electrons. The smallest absolute Gasteiger partial charge is 0.266 e. The molecule has 1 fully saturated rings. The number of carbonyl (C=O) groups is 1. The summed E-state index contributed by atoms with van der Waals surface area (Å²) in [7, 11) is 0. The molecule has 2 rings (SSSR count). The molecule has 19 heavy (non-hydrogen) atoms. The summed E-state index contributed by atoms with van der Waals surface area (Å²) in [4.78, 5) is 18.2. The monoisotopic (exact) mass is 262 g/mol. The minimum absolute atomic E-state index is 0.306. The van der Waals surface area contributed by atoms with Gasteiger partial charge in [0.25, 0.3) is 5.91 Å². The van der Waals surface area contributed by atoms with Gasteiger partial charge in [0.15, 0.2) is 0 Å². The molecule has 0 saturated carbocycles. The predicted molar refractivity (Wildman–Crippen MR) is 74.2 cm³/mol. The van der Waals surface area contributed by atoms with Crippen molar-refractivity contribution in [2.45, 2.75) is 51.7 Å². The molecule has 1 aliphatic heterocycles. The number of hydrogen-bond acceptors (Lipinski definition) is 4. The van der Waals surface area contributed by atoms with Gasteiger partial charge in [0.2, 0.25) is 0 Å². The topological polar surface area (TPSA) is 71.2 Å². The molecule has 2 heterocycles. The van der Waals surface area contributed by atoms with Gasteiger partial charge in [-0.05, 0) is 38.3 Å². The molecular formula is C14H22N4O. The summed E-state index contributed by atoms with van der Waals surface area (Å²) in [5.74, 6) is 4.79. The highest BCUT2D eigenvalue weighted by atomic mass is 16.2. The van der Waals surface area contributed by atoms with Crippen molar-refractivity contribution in [2.75, 3.05) is 0 Å². The molecule has 3 N–H and O–H groups in total. The zero-order valence-corrected chi connectivity index (χ0v) is 11.6. The van der Waals surface area contributed by atoms with Crippen LogP contribution < -0.4 is 11.3 Å². The maximum absolute atomic E-state index is 11.3. The Labute approximate surface area is 114 Å². The molecule has 5 nitrogen and oxygen atoms in total. The van der Waals surface area contributed by atoms with E-state index >= 15 is 0 Å². The summed E-state index contributed by atoms with van der Waals surface area (Å²) in [5.41, 5.74) is 3.60. The summed E-state index contributed by atoms with van der Waals surface area (Å²) in [6, 6.07) is 4.94. The molecule has 0 aromatic carbocycles. The van der Waals surface area contributed by atoms with Gasteiger partial charge < -0.3 is 0 Å². The average Bonchev–Trinajstić information content (AvgIpc) is 2.79. The first kappa shape index (κ1) is 14.0. The Hall–Kier alpha value is -1.46. The van der Waals surface area contributed by atoms with E-state index in [0.717, 1.165) is 12.2 Å². The Balaban J connectivity index is 2.05. The Morgan fingerprint density at radius 1 is 1.53 bits per heavy atom. The molecule has 1 aromatic rings. The number of aromatic nitrogens is 1. The van der Waals surface area contributed by atoms with Crippen LogP contribution in [0.3, 0.4) is 0 Å². The number of nitrogens with one attached hydrogen (secondary N) is 1. The third kappa shape index (κ3) is 3.11. The quantitative estimate of drug-likeness (QED) is 0.489. The Bertz CT molecular complexity index is 432. The van der Waals surface area contributed by atoms with Gasteiger partial charge in [0.1, 0.15) is 0 Å². The number of rotatable bonds is 4. The van der Waals surface area contributed by atoms with Crippen molar-refractivity contribution < 1.29 is 4.79 Å². The predicted octanol–water partition coefficient (Wildman–Crippen LogP) is 1.45. The van der Waals surface area contributed by atoms with E-state index in [2.05, 4.69) is 29.2 Å². The van der Waals surface area contributed by atoms with E-state index in [9.17, 15) is 4.79 Å². The third-order valence-electron chi connectivity index (χ3n) is 3.99. The fourth-order valence-electron chi connectivity index (χ4n) is 2.77. The van der Waals surface area contributed by atoms with E-state index in [1.54, 1.807) is 12.3 Å². The van der Waals surface area contributed by atoms with Gasteiger partial charge in [0, 0.05) is 24.8 Å². The molecular weight excluding hydrogens is 240 g/mol. The lowest BCUT2D eigenvalue weighted by molar-refractivity contribution is 0.0953. The van der Waals surface area contributed by atoms with Crippen molar-refractivity contribution in [1.82, 2.24) is 15.3 Å². The number of hydrogen-bond donors (Lipinski definition) is 2. The van der Waals surface area contributed by atoms with E-state index < -0.39 is 0 Å². The van der Waals surface area contributed by atoms with Crippen LogP contribution in [-0.2, 0) is 6.54 Å². The average molecular weight is 262 g/mol. The maximum Gasteiger partial charge on any atom is 0.266 e. The van der Waals surface area contributed by atoms with Crippen LogP contribution in [0.5, 0.6) is 0 Å². The van der Waals surface area contributed by atoms with Crippen molar-refractivity contribution >= 4 is 5.91 Å². The highest BCUT2D eigenvalue weighted by molar-refractivity contribution is 5.93. The van der Waals surface area contributed by atoms with Crippen LogP contribution in [0.15, 0.2) is 18.3 Å². The lowest BCUT2D eigenvalue weighted by Crippen LogP contribution is -2.34. The van der Waals surface area contributed by atoms with E-state index in [1.807, 2.05) is 6.07 Å². The maximum atomic E-state index is 11.3. The zero-order chi connectivity index (χ0) is 13.8. The molecule has 2 atom stereocenters.